The van der Waals surface area contributed by atoms with E-state index in [1.54, 1.807) is 60.2 Å². The third-order valence-electron chi connectivity index (χ3n) is 8.55. The van der Waals surface area contributed by atoms with Gasteiger partial charge in [0.15, 0.2) is 0 Å². The predicted molar refractivity (Wildman–Crippen MR) is 168 cm³/mol. The third kappa shape index (κ3) is 6.10. The standard InChI is InChI=1S/C35H34F2N4O5/c1-35(44)13-15-40(16-14-35)33(42)21-7-10-23(11-8-21)38-28-18-27(31-25(36)5-4-6-26(31)37)39-29-20-41(34(43)32(28)29)19-22-9-12-24(45-2)17-30(22)46-3/h4-12,17-18,44H,13-16,19-20H2,1-3H3,(H,38,39). The summed E-state index contributed by atoms with van der Waals surface area (Å²) in [5.41, 5.74) is 1.76. The van der Waals surface area contributed by atoms with Crippen molar-refractivity contribution in [1.82, 2.24) is 14.8 Å². The zero-order valence-electron chi connectivity index (χ0n) is 25.8. The number of likely N-dealkylation sites (tertiary alicyclic amines) is 1. The van der Waals surface area contributed by atoms with Crippen LogP contribution in [0.2, 0.25) is 0 Å². The Kier molecular flexibility index (Phi) is 8.35. The van der Waals surface area contributed by atoms with Crippen molar-refractivity contribution in [3.05, 3.63) is 101 Å². The van der Waals surface area contributed by atoms with E-state index in [9.17, 15) is 23.5 Å². The van der Waals surface area contributed by atoms with Gasteiger partial charge in [-0.3, -0.25) is 9.59 Å². The number of ether oxygens (including phenoxy) is 2. The maximum absolute atomic E-state index is 14.9. The van der Waals surface area contributed by atoms with Gasteiger partial charge >= 0.3 is 0 Å². The van der Waals surface area contributed by atoms with Crippen LogP contribution < -0.4 is 14.8 Å². The normalized spacial score (nSPS) is 15.5. The number of methoxy groups -OCH3 is 2. The fraction of sp³-hybridized carbons (Fsp3) is 0.286. The van der Waals surface area contributed by atoms with E-state index in [1.165, 1.54) is 19.2 Å². The first-order valence-electron chi connectivity index (χ1n) is 14.9. The monoisotopic (exact) mass is 628 g/mol. The summed E-state index contributed by atoms with van der Waals surface area (Å²) in [6.07, 6.45) is 1.01. The summed E-state index contributed by atoms with van der Waals surface area (Å²) >= 11 is 0. The van der Waals surface area contributed by atoms with Gasteiger partial charge in [-0.2, -0.15) is 0 Å². The number of aromatic nitrogens is 1. The van der Waals surface area contributed by atoms with Gasteiger partial charge in [-0.15, -0.1) is 0 Å². The minimum absolute atomic E-state index is 0.0429. The molecule has 0 saturated carbocycles. The van der Waals surface area contributed by atoms with E-state index in [0.29, 0.717) is 60.1 Å². The number of anilines is 2. The Morgan fingerprint density at radius 1 is 0.978 bits per heavy atom. The molecule has 1 aromatic heterocycles. The second-order valence-corrected chi connectivity index (χ2v) is 11.8. The molecule has 2 aliphatic rings. The van der Waals surface area contributed by atoms with Crippen molar-refractivity contribution >= 4 is 23.2 Å². The van der Waals surface area contributed by atoms with E-state index in [2.05, 4.69) is 10.3 Å². The van der Waals surface area contributed by atoms with Crippen LogP contribution >= 0.6 is 0 Å². The Hall–Kier alpha value is -5.03. The molecule has 2 aliphatic heterocycles. The summed E-state index contributed by atoms with van der Waals surface area (Å²) in [6.45, 7) is 3.01. The molecule has 0 aliphatic carbocycles. The highest BCUT2D eigenvalue weighted by molar-refractivity contribution is 6.04. The van der Waals surface area contributed by atoms with E-state index < -0.39 is 17.2 Å². The second kappa shape index (κ2) is 12.4. The number of amides is 2. The highest BCUT2D eigenvalue weighted by Gasteiger charge is 2.34. The first-order valence-corrected chi connectivity index (χ1v) is 14.9. The minimum atomic E-state index is -0.773. The molecule has 4 aromatic rings. The number of pyridine rings is 1. The number of benzene rings is 3. The zero-order valence-corrected chi connectivity index (χ0v) is 25.8. The molecule has 0 atom stereocenters. The summed E-state index contributed by atoms with van der Waals surface area (Å²) in [6, 6.07) is 17.2. The number of rotatable bonds is 8. The zero-order chi connectivity index (χ0) is 32.6. The maximum Gasteiger partial charge on any atom is 0.258 e. The van der Waals surface area contributed by atoms with Crippen molar-refractivity contribution in [1.29, 1.82) is 0 Å². The average molecular weight is 629 g/mol. The Balaban J connectivity index is 1.31. The first kappa shape index (κ1) is 31.0. The molecule has 9 nitrogen and oxygen atoms in total. The number of hydrogen-bond acceptors (Lipinski definition) is 7. The van der Waals surface area contributed by atoms with Crippen LogP contribution in [-0.4, -0.2) is 64.6 Å². The number of carbonyl (C=O) groups excluding carboxylic acids is 2. The molecule has 3 heterocycles. The summed E-state index contributed by atoms with van der Waals surface area (Å²) in [5, 5.41) is 13.5. The van der Waals surface area contributed by atoms with Gasteiger partial charge in [0, 0.05) is 36.0 Å². The lowest BCUT2D eigenvalue weighted by molar-refractivity contribution is -0.00203. The number of nitrogens with zero attached hydrogens (tertiary/aromatic N) is 3. The number of hydrogen-bond donors (Lipinski definition) is 2. The van der Waals surface area contributed by atoms with Gasteiger partial charge in [-0.25, -0.2) is 13.8 Å². The van der Waals surface area contributed by atoms with Crippen LogP contribution in [0.1, 0.15) is 51.7 Å². The molecule has 0 radical (unpaired) electrons. The quantitative estimate of drug-likeness (QED) is 0.249. The molecule has 3 aromatic carbocycles. The van der Waals surface area contributed by atoms with Gasteiger partial charge in [0.2, 0.25) is 0 Å². The lowest BCUT2D eigenvalue weighted by Crippen LogP contribution is -2.45. The molecular formula is C35H34F2N4O5. The van der Waals surface area contributed by atoms with Crippen LogP contribution in [0, 0.1) is 11.6 Å². The van der Waals surface area contributed by atoms with Crippen molar-refractivity contribution < 1.29 is 33.0 Å². The molecule has 0 unspecified atom stereocenters. The number of piperidine rings is 1. The summed E-state index contributed by atoms with van der Waals surface area (Å²) in [7, 11) is 3.09. The molecule has 1 saturated heterocycles. The van der Waals surface area contributed by atoms with Gasteiger partial charge in [0.1, 0.15) is 23.1 Å². The molecule has 11 heteroatoms. The minimum Gasteiger partial charge on any atom is -0.497 e. The number of nitrogens with one attached hydrogen (secondary N) is 1. The Labute approximate surface area is 265 Å². The van der Waals surface area contributed by atoms with Crippen molar-refractivity contribution in [2.24, 2.45) is 0 Å². The summed E-state index contributed by atoms with van der Waals surface area (Å²) < 4.78 is 40.6. The van der Waals surface area contributed by atoms with E-state index >= 15 is 0 Å². The first-order chi connectivity index (χ1) is 22.1. The fourth-order valence-corrected chi connectivity index (χ4v) is 5.87. The Bertz CT molecular complexity index is 1780. The van der Waals surface area contributed by atoms with Gasteiger partial charge in [0.05, 0.1) is 61.1 Å². The SMILES string of the molecule is COc1ccc(CN2Cc3nc(-c4c(F)cccc4F)cc(Nc4ccc(C(=O)N5CCC(C)(O)CC5)cc4)c3C2=O)c(OC)c1. The van der Waals surface area contributed by atoms with E-state index in [-0.39, 0.29) is 41.7 Å². The van der Waals surface area contributed by atoms with E-state index in [4.69, 9.17) is 9.47 Å². The molecule has 2 N–H and O–H groups in total. The van der Waals surface area contributed by atoms with Crippen molar-refractivity contribution in [2.75, 3.05) is 32.6 Å². The van der Waals surface area contributed by atoms with Crippen LogP contribution in [0.25, 0.3) is 11.3 Å². The molecule has 238 valence electrons. The van der Waals surface area contributed by atoms with Crippen LogP contribution in [0.15, 0.2) is 66.7 Å². The molecule has 0 bridgehead atoms. The fourth-order valence-electron chi connectivity index (χ4n) is 5.87. The highest BCUT2D eigenvalue weighted by Crippen LogP contribution is 2.37. The summed E-state index contributed by atoms with van der Waals surface area (Å²) in [5.74, 6) is -0.833. The smallest absolute Gasteiger partial charge is 0.258 e. The van der Waals surface area contributed by atoms with E-state index in [1.807, 2.05) is 6.07 Å². The van der Waals surface area contributed by atoms with Gasteiger partial charge < -0.3 is 29.7 Å². The van der Waals surface area contributed by atoms with Crippen LogP contribution in [0.3, 0.4) is 0 Å². The number of fused-ring (bicyclic) bond motifs is 1. The molecule has 6 rings (SSSR count). The second-order valence-electron chi connectivity index (χ2n) is 11.8. The van der Waals surface area contributed by atoms with E-state index in [0.717, 1.165) is 17.7 Å². The Morgan fingerprint density at radius 2 is 1.67 bits per heavy atom. The molecule has 1 fully saturated rings. The van der Waals surface area contributed by atoms with Crippen molar-refractivity contribution in [2.45, 2.75) is 38.5 Å². The highest BCUT2D eigenvalue weighted by atomic mass is 19.1. The lowest BCUT2D eigenvalue weighted by atomic mass is 9.93. The van der Waals surface area contributed by atoms with Gasteiger partial charge in [-0.05, 0) is 74.4 Å². The number of carbonyl (C=O) groups is 2. The number of halogens is 2. The van der Waals surface area contributed by atoms with Crippen LogP contribution in [0.4, 0.5) is 20.2 Å². The number of aliphatic hydroxyl groups is 1. The lowest BCUT2D eigenvalue weighted by Gasteiger charge is -2.35. The topological polar surface area (TPSA) is 104 Å². The molecule has 2 amide bonds. The maximum atomic E-state index is 14.9. The largest absolute Gasteiger partial charge is 0.497 e. The molecular weight excluding hydrogens is 594 g/mol. The predicted octanol–water partition coefficient (Wildman–Crippen LogP) is 5.93. The van der Waals surface area contributed by atoms with Crippen molar-refractivity contribution in [3.63, 3.8) is 0 Å². The molecule has 0 spiro atoms. The third-order valence-corrected chi connectivity index (χ3v) is 8.55. The van der Waals surface area contributed by atoms with Gasteiger partial charge in [-0.1, -0.05) is 6.07 Å². The van der Waals surface area contributed by atoms with Gasteiger partial charge in [0.25, 0.3) is 11.8 Å². The van der Waals surface area contributed by atoms with Crippen molar-refractivity contribution in [3.8, 4) is 22.8 Å². The molecule has 46 heavy (non-hydrogen) atoms. The Morgan fingerprint density at radius 3 is 2.33 bits per heavy atom. The summed E-state index contributed by atoms with van der Waals surface area (Å²) in [4.78, 5) is 34.8. The average Bonchev–Trinajstić information content (AvgIpc) is 3.35. The van der Waals surface area contributed by atoms with Crippen LogP contribution in [-0.2, 0) is 13.1 Å². The van der Waals surface area contributed by atoms with Crippen LogP contribution in [0.5, 0.6) is 11.5 Å².